The average Bonchev–Trinajstić information content (AvgIpc) is 2.42. The van der Waals surface area contributed by atoms with Crippen molar-refractivity contribution in [3.63, 3.8) is 0 Å². The lowest BCUT2D eigenvalue weighted by Gasteiger charge is -2.17. The smallest absolute Gasteiger partial charge is 0.0720 e. The summed E-state index contributed by atoms with van der Waals surface area (Å²) < 4.78 is 5.97. The zero-order valence-electron chi connectivity index (χ0n) is 11.6. The van der Waals surface area contributed by atoms with E-state index in [-0.39, 0.29) is 0 Å². The molecule has 0 aliphatic heterocycles. The summed E-state index contributed by atoms with van der Waals surface area (Å²) in [5.41, 5.74) is 6.89. The number of unbranched alkanes of at least 4 members (excludes halogenated alkanes) is 3. The van der Waals surface area contributed by atoms with Gasteiger partial charge in [0.2, 0.25) is 0 Å². The lowest BCUT2D eigenvalue weighted by atomic mass is 10.1. The van der Waals surface area contributed by atoms with E-state index in [9.17, 15) is 0 Å². The Balaban J connectivity index is 2.24. The van der Waals surface area contributed by atoms with Crippen molar-refractivity contribution in [2.24, 2.45) is 5.73 Å². The Kier molecular flexibility index (Phi) is 8.53. The minimum absolute atomic E-state index is 0.326. The molecule has 0 aliphatic rings. The van der Waals surface area contributed by atoms with Gasteiger partial charge in [-0.15, -0.1) is 0 Å². The van der Waals surface area contributed by atoms with Gasteiger partial charge in [0.1, 0.15) is 0 Å². The normalized spacial score (nSPS) is 12.6. The first-order valence-electron chi connectivity index (χ1n) is 7.22. The van der Waals surface area contributed by atoms with E-state index in [0.29, 0.717) is 19.3 Å². The summed E-state index contributed by atoms with van der Waals surface area (Å²) in [4.78, 5) is 0. The van der Waals surface area contributed by atoms with Crippen LogP contribution in [0.3, 0.4) is 0 Å². The summed E-state index contributed by atoms with van der Waals surface area (Å²) in [5.74, 6) is 0. The van der Waals surface area contributed by atoms with Crippen molar-refractivity contribution in [3.05, 3.63) is 35.9 Å². The lowest BCUT2D eigenvalue weighted by molar-refractivity contribution is 0.0294. The molecule has 2 nitrogen and oxygen atoms in total. The highest BCUT2D eigenvalue weighted by Gasteiger charge is 2.08. The van der Waals surface area contributed by atoms with Crippen molar-refractivity contribution in [2.75, 3.05) is 6.54 Å². The van der Waals surface area contributed by atoms with E-state index in [1.807, 2.05) is 6.07 Å². The molecule has 0 fully saturated rings. The van der Waals surface area contributed by atoms with Gasteiger partial charge in [-0.2, -0.15) is 0 Å². The zero-order chi connectivity index (χ0) is 13.1. The van der Waals surface area contributed by atoms with Crippen molar-refractivity contribution < 1.29 is 4.74 Å². The van der Waals surface area contributed by atoms with Crippen LogP contribution in [-0.2, 0) is 11.3 Å². The predicted molar refractivity (Wildman–Crippen MR) is 77.4 cm³/mol. The molecule has 1 aromatic rings. The van der Waals surface area contributed by atoms with Crippen molar-refractivity contribution >= 4 is 0 Å². The quantitative estimate of drug-likeness (QED) is 0.638. The molecule has 0 bridgehead atoms. The lowest BCUT2D eigenvalue weighted by Crippen LogP contribution is -2.17. The van der Waals surface area contributed by atoms with E-state index in [4.69, 9.17) is 10.5 Å². The Morgan fingerprint density at radius 1 is 1.06 bits per heavy atom. The third-order valence-corrected chi connectivity index (χ3v) is 3.20. The van der Waals surface area contributed by atoms with Crippen LogP contribution in [0, 0.1) is 0 Å². The maximum atomic E-state index is 5.97. The van der Waals surface area contributed by atoms with Gasteiger partial charge < -0.3 is 10.5 Å². The molecule has 1 unspecified atom stereocenters. The van der Waals surface area contributed by atoms with E-state index in [2.05, 4.69) is 31.2 Å². The number of nitrogens with two attached hydrogens (primary N) is 1. The fourth-order valence-corrected chi connectivity index (χ4v) is 2.08. The molecule has 0 amide bonds. The van der Waals surface area contributed by atoms with Gasteiger partial charge in [-0.1, -0.05) is 62.9 Å². The molecule has 2 N–H and O–H groups in total. The molecule has 0 saturated heterocycles. The third kappa shape index (κ3) is 6.77. The Hall–Kier alpha value is -0.860. The average molecular weight is 249 g/mol. The van der Waals surface area contributed by atoms with Crippen LogP contribution in [0.5, 0.6) is 0 Å². The Morgan fingerprint density at radius 3 is 2.50 bits per heavy atom. The number of rotatable bonds is 10. The first-order valence-corrected chi connectivity index (χ1v) is 7.22. The van der Waals surface area contributed by atoms with Crippen LogP contribution in [0.15, 0.2) is 30.3 Å². The molecule has 0 spiro atoms. The number of hydrogen-bond donors (Lipinski definition) is 1. The molecule has 18 heavy (non-hydrogen) atoms. The Morgan fingerprint density at radius 2 is 1.83 bits per heavy atom. The van der Waals surface area contributed by atoms with Crippen LogP contribution in [0.1, 0.15) is 51.0 Å². The molecule has 0 aliphatic carbocycles. The Labute approximate surface area is 112 Å². The summed E-state index contributed by atoms with van der Waals surface area (Å²) in [6.07, 6.45) is 7.62. The number of ether oxygens (including phenoxy) is 1. The summed E-state index contributed by atoms with van der Waals surface area (Å²) in [7, 11) is 0. The minimum Gasteiger partial charge on any atom is -0.373 e. The second-order valence-corrected chi connectivity index (χ2v) is 4.85. The van der Waals surface area contributed by atoms with Crippen molar-refractivity contribution in [1.82, 2.24) is 0 Å². The van der Waals surface area contributed by atoms with Crippen LogP contribution < -0.4 is 5.73 Å². The standard InChI is InChI=1S/C16H27NO/c1-2-3-4-8-11-16(12-13-17)18-14-15-9-6-5-7-10-15/h5-7,9-10,16H,2-4,8,11-14,17H2,1H3. The maximum absolute atomic E-state index is 5.97. The molecule has 0 heterocycles. The van der Waals surface area contributed by atoms with Crippen molar-refractivity contribution in [1.29, 1.82) is 0 Å². The largest absolute Gasteiger partial charge is 0.373 e. The molecule has 1 aromatic carbocycles. The van der Waals surface area contributed by atoms with Gasteiger partial charge >= 0.3 is 0 Å². The second-order valence-electron chi connectivity index (χ2n) is 4.85. The summed E-state index contributed by atoms with van der Waals surface area (Å²) in [5, 5.41) is 0. The third-order valence-electron chi connectivity index (χ3n) is 3.20. The Bertz CT molecular complexity index is 286. The molecule has 0 saturated carbocycles. The fraction of sp³-hybridized carbons (Fsp3) is 0.625. The van der Waals surface area contributed by atoms with Gasteiger partial charge in [0.15, 0.2) is 0 Å². The zero-order valence-corrected chi connectivity index (χ0v) is 11.6. The highest BCUT2D eigenvalue weighted by atomic mass is 16.5. The fourth-order valence-electron chi connectivity index (χ4n) is 2.08. The number of benzene rings is 1. The van der Waals surface area contributed by atoms with E-state index in [1.165, 1.54) is 31.2 Å². The van der Waals surface area contributed by atoms with Gasteiger partial charge in [0, 0.05) is 0 Å². The predicted octanol–water partition coefficient (Wildman–Crippen LogP) is 3.89. The first kappa shape index (κ1) is 15.2. The monoisotopic (exact) mass is 249 g/mol. The molecule has 1 atom stereocenters. The molecular formula is C16H27NO. The molecule has 1 rings (SSSR count). The SMILES string of the molecule is CCCCCCC(CCN)OCc1ccccc1. The molecular weight excluding hydrogens is 222 g/mol. The van der Waals surface area contributed by atoms with Crippen molar-refractivity contribution in [3.8, 4) is 0 Å². The van der Waals surface area contributed by atoms with Crippen LogP contribution in [-0.4, -0.2) is 12.6 Å². The van der Waals surface area contributed by atoms with Crippen molar-refractivity contribution in [2.45, 2.75) is 58.2 Å². The van der Waals surface area contributed by atoms with Gasteiger partial charge in [0.25, 0.3) is 0 Å². The van der Waals surface area contributed by atoms with E-state index < -0.39 is 0 Å². The molecule has 0 radical (unpaired) electrons. The summed E-state index contributed by atoms with van der Waals surface area (Å²) in [6, 6.07) is 10.4. The highest BCUT2D eigenvalue weighted by molar-refractivity contribution is 5.13. The molecule has 0 aromatic heterocycles. The van der Waals surface area contributed by atoms with Crippen LogP contribution in [0.4, 0.5) is 0 Å². The molecule has 2 heteroatoms. The van der Waals surface area contributed by atoms with Gasteiger partial charge in [-0.05, 0) is 24.9 Å². The van der Waals surface area contributed by atoms with Crippen LogP contribution >= 0.6 is 0 Å². The van der Waals surface area contributed by atoms with E-state index >= 15 is 0 Å². The van der Waals surface area contributed by atoms with Crippen LogP contribution in [0.2, 0.25) is 0 Å². The minimum atomic E-state index is 0.326. The summed E-state index contributed by atoms with van der Waals surface area (Å²) >= 11 is 0. The highest BCUT2D eigenvalue weighted by Crippen LogP contribution is 2.13. The second kappa shape index (κ2) is 10.1. The number of hydrogen-bond acceptors (Lipinski definition) is 2. The van der Waals surface area contributed by atoms with Gasteiger partial charge in [-0.3, -0.25) is 0 Å². The topological polar surface area (TPSA) is 35.2 Å². The van der Waals surface area contributed by atoms with E-state index in [0.717, 1.165) is 12.8 Å². The van der Waals surface area contributed by atoms with E-state index in [1.54, 1.807) is 0 Å². The summed E-state index contributed by atoms with van der Waals surface area (Å²) in [6.45, 7) is 3.66. The maximum Gasteiger partial charge on any atom is 0.0720 e. The molecule has 102 valence electrons. The first-order chi connectivity index (χ1) is 8.86. The van der Waals surface area contributed by atoms with Gasteiger partial charge in [-0.25, -0.2) is 0 Å². The van der Waals surface area contributed by atoms with Gasteiger partial charge in [0.05, 0.1) is 12.7 Å². The van der Waals surface area contributed by atoms with Crippen LogP contribution in [0.25, 0.3) is 0 Å².